The number of ether oxygens (including phenoxy) is 1. The predicted octanol–water partition coefficient (Wildman–Crippen LogP) is 0.789. The Balaban J connectivity index is 1.39. The molecule has 0 spiro atoms. The summed E-state index contributed by atoms with van der Waals surface area (Å²) in [6, 6.07) is 0. The predicted molar refractivity (Wildman–Crippen MR) is 204 cm³/mol. The van der Waals surface area contributed by atoms with Crippen LogP contribution in [0.4, 0.5) is 5.82 Å². The smallest absolute Gasteiger partial charge is 0.387 e. The lowest BCUT2D eigenvalue weighted by Gasteiger charge is -2.20. The zero-order valence-corrected chi connectivity index (χ0v) is 35.4. The fourth-order valence-corrected chi connectivity index (χ4v) is 8.65. The van der Waals surface area contributed by atoms with Crippen LogP contribution in [0.25, 0.3) is 11.2 Å². The number of halogens is 1. The summed E-state index contributed by atoms with van der Waals surface area (Å²) in [5, 5.41) is 27.1. The van der Waals surface area contributed by atoms with Gasteiger partial charge in [-0.15, -0.1) is 0 Å². The maximum Gasteiger partial charge on any atom is 0.490 e. The number of fused-ring (bicyclic) bond motifs is 1. The third-order valence-corrected chi connectivity index (χ3v) is 12.7. The van der Waals surface area contributed by atoms with Crippen LogP contribution in [-0.2, 0) is 46.0 Å². The Morgan fingerprint density at radius 1 is 0.857 bits per heavy atom. The Kier molecular flexibility index (Phi) is 19.1. The largest absolute Gasteiger partial charge is 0.490 e. The molecule has 1 fully saturated rings. The monoisotopic (exact) mass is 972 g/mol. The molecule has 6 unspecified atom stereocenters. The van der Waals surface area contributed by atoms with E-state index in [1.54, 1.807) is 23.9 Å². The van der Waals surface area contributed by atoms with Gasteiger partial charge >= 0.3 is 23.5 Å². The molecule has 24 nitrogen and oxygen atoms in total. The van der Waals surface area contributed by atoms with Crippen molar-refractivity contribution in [2.24, 2.45) is 0 Å². The van der Waals surface area contributed by atoms with Gasteiger partial charge in [-0.3, -0.25) is 23.5 Å². The zero-order valence-electron chi connectivity index (χ0n) is 30.5. The van der Waals surface area contributed by atoms with Crippen LogP contribution in [0.5, 0.6) is 0 Å². The topological polar surface area (TPSA) is 335 Å². The third-order valence-electron chi connectivity index (χ3n) is 8.25. The number of rotatable bonds is 25. The number of unbranched alkanes of at least 4 members (excludes halogenated alkanes) is 3. The second-order valence-corrected chi connectivity index (χ2v) is 17.8. The van der Waals surface area contributed by atoms with E-state index in [0.717, 1.165) is 19.3 Å². The number of amides is 3. The molecule has 0 radical (unpaired) electrons. The highest BCUT2D eigenvalue weighted by atomic mass is 127. The second kappa shape index (κ2) is 22.2. The van der Waals surface area contributed by atoms with Crippen LogP contribution in [0.2, 0.25) is 0 Å². The van der Waals surface area contributed by atoms with E-state index in [-0.39, 0.29) is 28.9 Å². The van der Waals surface area contributed by atoms with Crippen LogP contribution in [0.1, 0.15) is 57.6 Å². The van der Waals surface area contributed by atoms with Gasteiger partial charge in [0.05, 0.1) is 17.4 Å². The van der Waals surface area contributed by atoms with Gasteiger partial charge in [0.2, 0.25) is 17.7 Å². The van der Waals surface area contributed by atoms with E-state index in [0.29, 0.717) is 68.5 Å². The number of aliphatic hydroxyl groups is 2. The minimum atomic E-state index is -5.76. The number of phosphoric ester groups is 1. The molecule has 1 aliphatic rings. The molecule has 1 saturated heterocycles. The molecule has 2 aromatic heterocycles. The summed E-state index contributed by atoms with van der Waals surface area (Å²) in [7, 11) is -13.4. The number of carbonyl (C=O) groups is 3. The highest BCUT2D eigenvalue weighted by Crippen LogP contribution is 2.66. The van der Waals surface area contributed by atoms with Crippen molar-refractivity contribution in [3.8, 4) is 0 Å². The number of phosphoric acid groups is 3. The molecule has 8 N–H and O–H groups in total. The lowest BCUT2D eigenvalue weighted by atomic mass is 10.1. The van der Waals surface area contributed by atoms with Gasteiger partial charge in [-0.25, -0.2) is 28.6 Å². The van der Waals surface area contributed by atoms with E-state index in [1.165, 1.54) is 17.2 Å². The van der Waals surface area contributed by atoms with E-state index in [4.69, 9.17) is 14.5 Å². The lowest BCUT2D eigenvalue weighted by Crippen LogP contribution is -2.33. The van der Waals surface area contributed by atoms with E-state index < -0.39 is 54.6 Å². The van der Waals surface area contributed by atoms with Gasteiger partial charge in [0, 0.05) is 53.1 Å². The second-order valence-electron chi connectivity index (χ2n) is 12.6. The molecule has 28 heteroatoms. The Hall–Kier alpha value is -2.22. The molecule has 3 rings (SSSR count). The third kappa shape index (κ3) is 15.9. The number of aliphatic hydroxyl groups excluding tert-OH is 2. The van der Waals surface area contributed by atoms with Gasteiger partial charge in [-0.05, 0) is 38.5 Å². The number of hydrogen-bond donors (Lipinski definition) is 8. The molecule has 56 heavy (non-hydrogen) atoms. The van der Waals surface area contributed by atoms with Crippen LogP contribution in [0.15, 0.2) is 12.7 Å². The Labute approximate surface area is 335 Å². The first kappa shape index (κ1) is 48.2. The molecule has 3 heterocycles. The molecule has 1 aliphatic heterocycles. The summed E-state index contributed by atoms with van der Waals surface area (Å²) in [6.45, 7) is 1.14. The van der Waals surface area contributed by atoms with Crippen LogP contribution in [-0.4, -0.2) is 146 Å². The maximum absolute atomic E-state index is 12.7. The molecule has 0 bridgehead atoms. The van der Waals surface area contributed by atoms with Gasteiger partial charge in [-0.2, -0.15) is 8.62 Å². The van der Waals surface area contributed by atoms with Gasteiger partial charge in [0.25, 0.3) is 0 Å². The maximum atomic E-state index is 12.7. The molecule has 3 amide bonds. The normalized spacial score (nSPS) is 20.7. The van der Waals surface area contributed by atoms with E-state index in [2.05, 4.69) is 38.7 Å². The van der Waals surface area contributed by atoms with Crippen molar-refractivity contribution >= 4 is 80.8 Å². The highest BCUT2D eigenvalue weighted by molar-refractivity contribution is 14.1. The Morgan fingerprint density at radius 3 is 2.05 bits per heavy atom. The summed E-state index contributed by atoms with van der Waals surface area (Å²) in [6.07, 6.45) is 1.10. The van der Waals surface area contributed by atoms with Crippen molar-refractivity contribution in [1.29, 1.82) is 0 Å². The zero-order chi connectivity index (χ0) is 41.7. The van der Waals surface area contributed by atoms with E-state index in [9.17, 15) is 48.1 Å². The van der Waals surface area contributed by atoms with Crippen molar-refractivity contribution in [3.63, 3.8) is 0 Å². The standard InChI is InChI=1S/C28H48IN8O16P3/c1-35(21(39)9-3-5-11-30-20(38)15-29)13-7-8-14-36(2)22(40)10-4-6-12-31-26-23-27(33-17-32-26)37(18-34-23)28-25(42)24(41)19(51-28)16-50-55(46,47)53-56(48,49)52-54(43,44)45/h17-19,24-25,28,41-42H,3-16H2,1-2H3,(H,30,38)(H,46,47)(H,48,49)(H,31,32,33)(H2,43,44,45). The van der Waals surface area contributed by atoms with Gasteiger partial charge in [0.1, 0.15) is 24.6 Å². The fraction of sp³-hybridized carbons (Fsp3) is 0.714. The molecule has 2 aromatic rings. The van der Waals surface area contributed by atoms with Gasteiger partial charge in [-0.1, -0.05) is 22.6 Å². The van der Waals surface area contributed by atoms with E-state index in [1.807, 2.05) is 22.6 Å². The van der Waals surface area contributed by atoms with Crippen LogP contribution in [0.3, 0.4) is 0 Å². The quantitative estimate of drug-likeness (QED) is 0.0295. The number of alkyl halides is 1. The van der Waals surface area contributed by atoms with Crippen molar-refractivity contribution in [1.82, 2.24) is 34.6 Å². The fourth-order valence-electron chi connectivity index (χ4n) is 5.35. The first-order valence-electron chi connectivity index (χ1n) is 17.3. The van der Waals surface area contributed by atoms with Crippen molar-refractivity contribution in [3.05, 3.63) is 12.7 Å². The molecule has 0 saturated carbocycles. The summed E-state index contributed by atoms with van der Waals surface area (Å²) in [4.78, 5) is 88.6. The van der Waals surface area contributed by atoms with Crippen LogP contribution < -0.4 is 10.6 Å². The molecular weight excluding hydrogens is 924 g/mol. The summed E-state index contributed by atoms with van der Waals surface area (Å²) in [5.41, 5.74) is 0.448. The number of aromatic nitrogens is 4. The van der Waals surface area contributed by atoms with Gasteiger partial charge in [0.15, 0.2) is 23.2 Å². The summed E-state index contributed by atoms with van der Waals surface area (Å²) >= 11 is 1.99. The molecule has 0 aliphatic carbocycles. The van der Waals surface area contributed by atoms with Crippen molar-refractivity contribution in [2.75, 3.05) is 56.6 Å². The van der Waals surface area contributed by atoms with Gasteiger partial charge < -0.3 is 55.0 Å². The average molecular weight is 973 g/mol. The minimum Gasteiger partial charge on any atom is -0.387 e. The number of carbonyl (C=O) groups excluding carboxylic acids is 3. The Bertz CT molecular complexity index is 1770. The number of anilines is 1. The highest BCUT2D eigenvalue weighted by Gasteiger charge is 2.47. The van der Waals surface area contributed by atoms with E-state index >= 15 is 0 Å². The Morgan fingerprint density at radius 2 is 1.46 bits per heavy atom. The molecule has 0 aromatic carbocycles. The lowest BCUT2D eigenvalue weighted by molar-refractivity contribution is -0.131. The molecular formula is C28H48IN8O16P3. The van der Waals surface area contributed by atoms with Crippen LogP contribution >= 0.6 is 46.1 Å². The average Bonchev–Trinajstić information content (AvgIpc) is 3.66. The minimum absolute atomic E-state index is 0.00934. The first-order valence-corrected chi connectivity index (χ1v) is 23.3. The molecule has 318 valence electrons. The molecule has 6 atom stereocenters. The van der Waals surface area contributed by atoms with Crippen molar-refractivity contribution < 1.29 is 75.7 Å². The number of imidazole rings is 1. The first-order chi connectivity index (χ1) is 26.2. The number of hydrogen-bond acceptors (Lipinski definition) is 16. The summed E-state index contributed by atoms with van der Waals surface area (Å²) in [5.74, 6) is 0.355. The van der Waals surface area contributed by atoms with Crippen molar-refractivity contribution in [2.45, 2.75) is 75.9 Å². The number of nitrogens with one attached hydrogen (secondary N) is 2. The van der Waals surface area contributed by atoms with Crippen LogP contribution in [0, 0.1) is 0 Å². The number of nitrogens with zero attached hydrogens (tertiary/aromatic N) is 6. The SMILES string of the molecule is CN(CCCCN(C)C(=O)CCCCNc1ncnc2c1ncn2C1OC(COP(=O)(O)OP(=O)(O)OP(=O)(O)O)C(O)C1O)C(=O)CCCCNC(=O)CI. The summed E-state index contributed by atoms with van der Waals surface area (Å²) < 4.78 is 53.6.